The molecule has 7 nitrogen and oxygen atoms in total. The number of thioether (sulfide) groups is 1. The molecule has 0 aliphatic carbocycles. The van der Waals surface area contributed by atoms with E-state index in [4.69, 9.17) is 38.0 Å². The van der Waals surface area contributed by atoms with E-state index in [-0.39, 0.29) is 12.5 Å². The minimum Gasteiger partial charge on any atom is -0.495 e. The average molecular weight is 494 g/mol. The third kappa shape index (κ3) is 5.35. The Bertz CT molecular complexity index is 1090. The molecular formula is C22H20ClNO6S2. The number of methoxy groups -OCH3 is 2. The number of amides is 1. The van der Waals surface area contributed by atoms with E-state index >= 15 is 0 Å². The van der Waals surface area contributed by atoms with E-state index in [9.17, 15) is 9.59 Å². The van der Waals surface area contributed by atoms with Crippen molar-refractivity contribution in [1.82, 2.24) is 0 Å². The molecule has 0 N–H and O–H groups in total. The van der Waals surface area contributed by atoms with Crippen molar-refractivity contribution in [1.29, 1.82) is 0 Å². The molecule has 1 fully saturated rings. The fraction of sp³-hybridized carbons (Fsp3) is 0.227. The van der Waals surface area contributed by atoms with E-state index in [1.54, 1.807) is 42.5 Å². The molecule has 168 valence electrons. The van der Waals surface area contributed by atoms with Gasteiger partial charge in [-0.25, -0.2) is 4.79 Å². The van der Waals surface area contributed by atoms with Crippen molar-refractivity contribution in [3.05, 3.63) is 51.9 Å². The second kappa shape index (κ2) is 10.7. The summed E-state index contributed by atoms with van der Waals surface area (Å²) in [7, 11) is 2.81. The minimum absolute atomic E-state index is 0.237. The molecule has 1 heterocycles. The van der Waals surface area contributed by atoms with Crippen LogP contribution in [0.4, 0.5) is 5.69 Å². The Labute approximate surface area is 200 Å². The van der Waals surface area contributed by atoms with Gasteiger partial charge in [-0.3, -0.25) is 9.69 Å². The van der Waals surface area contributed by atoms with E-state index in [1.165, 1.54) is 30.9 Å². The number of hydrogen-bond acceptors (Lipinski definition) is 8. The maximum Gasteiger partial charge on any atom is 0.343 e. The summed E-state index contributed by atoms with van der Waals surface area (Å²) in [5.74, 6) is 0.593. The van der Waals surface area contributed by atoms with E-state index in [2.05, 4.69) is 4.74 Å². The third-order valence-electron chi connectivity index (χ3n) is 4.33. The van der Waals surface area contributed by atoms with Crippen LogP contribution in [0.2, 0.25) is 5.02 Å². The van der Waals surface area contributed by atoms with Crippen molar-refractivity contribution >= 4 is 63.5 Å². The summed E-state index contributed by atoms with van der Waals surface area (Å²) in [6, 6.07) is 10.2. The van der Waals surface area contributed by atoms with Crippen LogP contribution in [0.15, 0.2) is 41.3 Å². The highest BCUT2D eigenvalue weighted by molar-refractivity contribution is 8.27. The number of esters is 1. The number of ether oxygens (including phenoxy) is 4. The predicted octanol–water partition coefficient (Wildman–Crippen LogP) is 4.70. The predicted molar refractivity (Wildman–Crippen MR) is 129 cm³/mol. The number of anilines is 1. The average Bonchev–Trinajstić information content (AvgIpc) is 3.05. The normalized spacial score (nSPS) is 14.6. The maximum absolute atomic E-state index is 13.0. The zero-order valence-electron chi connectivity index (χ0n) is 17.5. The lowest BCUT2D eigenvalue weighted by Crippen LogP contribution is -2.27. The van der Waals surface area contributed by atoms with Gasteiger partial charge in [0.25, 0.3) is 5.91 Å². The van der Waals surface area contributed by atoms with Crippen molar-refractivity contribution in [2.24, 2.45) is 0 Å². The zero-order chi connectivity index (χ0) is 23.3. The molecule has 0 unspecified atom stereocenters. The second-order valence-electron chi connectivity index (χ2n) is 6.34. The van der Waals surface area contributed by atoms with Gasteiger partial charge in [-0.15, -0.1) is 0 Å². The monoisotopic (exact) mass is 493 g/mol. The van der Waals surface area contributed by atoms with E-state index < -0.39 is 5.97 Å². The Morgan fingerprint density at radius 1 is 1.12 bits per heavy atom. The molecule has 1 aliphatic rings. The quantitative estimate of drug-likeness (QED) is 0.297. The largest absolute Gasteiger partial charge is 0.495 e. The first-order valence-electron chi connectivity index (χ1n) is 9.45. The van der Waals surface area contributed by atoms with Crippen LogP contribution in [-0.2, 0) is 14.3 Å². The van der Waals surface area contributed by atoms with Gasteiger partial charge in [-0.2, -0.15) is 0 Å². The molecular weight excluding hydrogens is 474 g/mol. The van der Waals surface area contributed by atoms with Gasteiger partial charge in [0.05, 0.1) is 36.4 Å². The van der Waals surface area contributed by atoms with Gasteiger partial charge in [0.1, 0.15) is 5.75 Å². The van der Waals surface area contributed by atoms with Gasteiger partial charge < -0.3 is 18.9 Å². The van der Waals surface area contributed by atoms with Gasteiger partial charge in [0.15, 0.2) is 22.4 Å². The van der Waals surface area contributed by atoms with Gasteiger partial charge in [-0.1, -0.05) is 41.6 Å². The molecule has 0 aromatic heterocycles. The number of thiocarbonyl (C=S) groups is 1. The molecule has 10 heteroatoms. The highest BCUT2D eigenvalue weighted by Gasteiger charge is 2.33. The van der Waals surface area contributed by atoms with Crippen LogP contribution in [0.3, 0.4) is 0 Å². The van der Waals surface area contributed by atoms with Crippen LogP contribution in [0, 0.1) is 0 Å². The lowest BCUT2D eigenvalue weighted by molar-refractivity contribution is -0.142. The standard InChI is InChI=1S/C22H20ClNO6S2/c1-4-29-18-9-13(5-7-17(18)30-12-20(25)28-3)10-19-21(26)24(22(31)32-19)14-6-8-16(27-2)15(23)11-14/h5-11H,4,12H2,1-3H3/b19-10+. The van der Waals surface area contributed by atoms with Crippen LogP contribution >= 0.6 is 35.6 Å². The van der Waals surface area contributed by atoms with E-state index in [1.807, 2.05) is 6.92 Å². The molecule has 1 aliphatic heterocycles. The fourth-order valence-corrected chi connectivity index (χ4v) is 4.38. The van der Waals surface area contributed by atoms with Gasteiger partial charge in [0, 0.05) is 0 Å². The Hall–Kier alpha value is -2.75. The smallest absolute Gasteiger partial charge is 0.343 e. The number of rotatable bonds is 8. The highest BCUT2D eigenvalue weighted by atomic mass is 35.5. The van der Waals surface area contributed by atoms with Crippen molar-refractivity contribution in [3.63, 3.8) is 0 Å². The Morgan fingerprint density at radius 3 is 2.53 bits per heavy atom. The van der Waals surface area contributed by atoms with Crippen LogP contribution in [0.25, 0.3) is 6.08 Å². The molecule has 1 saturated heterocycles. The second-order valence-corrected chi connectivity index (χ2v) is 8.42. The molecule has 0 saturated carbocycles. The first-order chi connectivity index (χ1) is 15.4. The summed E-state index contributed by atoms with van der Waals surface area (Å²) in [4.78, 5) is 26.3. The molecule has 0 spiro atoms. The van der Waals surface area contributed by atoms with Gasteiger partial charge >= 0.3 is 5.97 Å². The van der Waals surface area contributed by atoms with Gasteiger partial charge in [0.2, 0.25) is 0 Å². The molecule has 3 rings (SSSR count). The highest BCUT2D eigenvalue weighted by Crippen LogP contribution is 2.39. The molecule has 1 amide bonds. The minimum atomic E-state index is -0.501. The topological polar surface area (TPSA) is 74.3 Å². The number of halogens is 1. The summed E-state index contributed by atoms with van der Waals surface area (Å²) in [5.41, 5.74) is 1.27. The number of carbonyl (C=O) groups is 2. The summed E-state index contributed by atoms with van der Waals surface area (Å²) in [5, 5.41) is 0.381. The summed E-state index contributed by atoms with van der Waals surface area (Å²) in [6.07, 6.45) is 1.72. The van der Waals surface area contributed by atoms with Crippen LogP contribution in [-0.4, -0.2) is 43.6 Å². The molecule has 0 atom stereocenters. The number of hydrogen-bond donors (Lipinski definition) is 0. The number of nitrogens with zero attached hydrogens (tertiary/aromatic N) is 1. The first-order valence-corrected chi connectivity index (χ1v) is 11.1. The van der Waals surface area contributed by atoms with Crippen molar-refractivity contribution in [3.8, 4) is 17.2 Å². The third-order valence-corrected chi connectivity index (χ3v) is 5.92. The molecule has 0 radical (unpaired) electrons. The van der Waals surface area contributed by atoms with Crippen LogP contribution in [0.1, 0.15) is 12.5 Å². The Balaban J connectivity index is 1.85. The Kier molecular flexibility index (Phi) is 8.00. The molecule has 32 heavy (non-hydrogen) atoms. The zero-order valence-corrected chi connectivity index (χ0v) is 19.9. The molecule has 0 bridgehead atoms. The van der Waals surface area contributed by atoms with Crippen molar-refractivity contribution in [2.75, 3.05) is 32.3 Å². The van der Waals surface area contributed by atoms with Crippen molar-refractivity contribution in [2.45, 2.75) is 6.92 Å². The Morgan fingerprint density at radius 2 is 1.88 bits per heavy atom. The lowest BCUT2D eigenvalue weighted by Gasteiger charge is -2.15. The lowest BCUT2D eigenvalue weighted by atomic mass is 10.1. The molecule has 2 aromatic rings. The van der Waals surface area contributed by atoms with Crippen LogP contribution in [0.5, 0.6) is 17.2 Å². The fourth-order valence-electron chi connectivity index (χ4n) is 2.83. The number of carbonyl (C=O) groups excluding carboxylic acids is 2. The summed E-state index contributed by atoms with van der Waals surface area (Å²) in [6.45, 7) is 2.00. The van der Waals surface area contributed by atoms with E-state index in [0.717, 1.165) is 0 Å². The number of benzene rings is 2. The van der Waals surface area contributed by atoms with E-state index in [0.29, 0.717) is 49.4 Å². The first kappa shape index (κ1) is 23.9. The SMILES string of the molecule is CCOc1cc(/C=C2/SC(=S)N(c3ccc(OC)c(Cl)c3)C2=O)ccc1OCC(=O)OC. The molecule has 2 aromatic carbocycles. The summed E-state index contributed by atoms with van der Waals surface area (Å²) < 4.78 is 21.2. The van der Waals surface area contributed by atoms with Crippen LogP contribution < -0.4 is 19.1 Å². The maximum atomic E-state index is 13.0. The van der Waals surface area contributed by atoms with Gasteiger partial charge in [-0.05, 0) is 48.9 Å². The summed E-state index contributed by atoms with van der Waals surface area (Å²) >= 11 is 12.8. The van der Waals surface area contributed by atoms with Crippen molar-refractivity contribution < 1.29 is 28.5 Å².